The third-order valence-corrected chi connectivity index (χ3v) is 11.9. The summed E-state index contributed by atoms with van der Waals surface area (Å²) < 4.78 is 0. The lowest BCUT2D eigenvalue weighted by molar-refractivity contribution is 1.21. The van der Waals surface area contributed by atoms with Crippen LogP contribution in [0.15, 0.2) is 224 Å². The third kappa shape index (κ3) is 8.32. The summed E-state index contributed by atoms with van der Waals surface area (Å²) in [6.07, 6.45) is 0. The number of hydrogen-bond acceptors (Lipinski definition) is 4. The normalized spacial score (nSPS) is 10.9. The number of rotatable bonds is 12. The maximum absolute atomic E-state index is 2.37. The summed E-state index contributed by atoms with van der Waals surface area (Å²) in [5, 5.41) is 0. The predicted octanol–water partition coefficient (Wildman–Crippen LogP) is 17.1. The Bertz CT molecular complexity index is 2730. The van der Waals surface area contributed by atoms with Crippen molar-refractivity contribution in [2.24, 2.45) is 0 Å². The van der Waals surface area contributed by atoms with Crippen LogP contribution in [0.4, 0.5) is 68.2 Å². The summed E-state index contributed by atoms with van der Waals surface area (Å²) in [5.41, 5.74) is 19.4. The van der Waals surface area contributed by atoms with E-state index in [1.165, 1.54) is 27.8 Å². The highest BCUT2D eigenvalue weighted by Gasteiger charge is 2.21. The van der Waals surface area contributed by atoms with E-state index in [1.807, 2.05) is 0 Å². The van der Waals surface area contributed by atoms with E-state index >= 15 is 0 Å². The lowest BCUT2D eigenvalue weighted by atomic mass is 10.1. The van der Waals surface area contributed by atoms with Gasteiger partial charge in [0.05, 0.1) is 0 Å². The number of hydrogen-bond donors (Lipinski definition) is 0. The van der Waals surface area contributed by atoms with Crippen LogP contribution in [-0.2, 0) is 0 Å². The highest BCUT2D eigenvalue weighted by molar-refractivity contribution is 5.86. The molecule has 308 valence electrons. The van der Waals surface area contributed by atoms with Gasteiger partial charge in [0, 0.05) is 68.2 Å². The second kappa shape index (κ2) is 18.0. The summed E-state index contributed by atoms with van der Waals surface area (Å²) in [6, 6.07) is 80.6. The zero-order valence-electron chi connectivity index (χ0n) is 36.7. The minimum Gasteiger partial charge on any atom is -0.310 e. The molecule has 9 rings (SSSR count). The monoisotopic (exact) mass is 816 g/mol. The quantitative estimate of drug-likeness (QED) is 0.122. The molecule has 0 amide bonds. The van der Waals surface area contributed by atoms with E-state index in [1.54, 1.807) is 0 Å². The van der Waals surface area contributed by atoms with Crippen LogP contribution in [0.5, 0.6) is 0 Å². The molecule has 0 fully saturated rings. The molecule has 0 N–H and O–H groups in total. The molecular formula is C59H52N4. The molecule has 63 heavy (non-hydrogen) atoms. The van der Waals surface area contributed by atoms with Crippen LogP contribution in [0.2, 0.25) is 0 Å². The van der Waals surface area contributed by atoms with Gasteiger partial charge in [0.1, 0.15) is 0 Å². The topological polar surface area (TPSA) is 13.0 Å². The zero-order chi connectivity index (χ0) is 43.3. The Balaban J connectivity index is 1.16. The van der Waals surface area contributed by atoms with Gasteiger partial charge in [-0.3, -0.25) is 0 Å². The van der Waals surface area contributed by atoms with Crippen LogP contribution in [0.3, 0.4) is 0 Å². The molecule has 4 nitrogen and oxygen atoms in total. The maximum atomic E-state index is 2.37. The molecule has 0 aromatic heterocycles. The molecule has 0 saturated carbocycles. The summed E-state index contributed by atoms with van der Waals surface area (Å²) in [7, 11) is 0. The first-order valence-corrected chi connectivity index (χ1v) is 21.7. The largest absolute Gasteiger partial charge is 0.310 e. The fourth-order valence-corrected chi connectivity index (χ4v) is 8.59. The maximum Gasteiger partial charge on any atom is 0.0490 e. The number of aryl methyl sites for hydroxylation is 5. The lowest BCUT2D eigenvalue weighted by Gasteiger charge is -2.31. The van der Waals surface area contributed by atoms with Gasteiger partial charge in [-0.1, -0.05) is 109 Å². The van der Waals surface area contributed by atoms with Crippen LogP contribution >= 0.6 is 0 Å². The number of para-hydroxylation sites is 6. The first-order valence-electron chi connectivity index (χ1n) is 21.7. The number of anilines is 12. The van der Waals surface area contributed by atoms with E-state index in [-0.39, 0.29) is 0 Å². The van der Waals surface area contributed by atoms with E-state index in [4.69, 9.17) is 0 Å². The molecule has 9 aromatic rings. The van der Waals surface area contributed by atoms with E-state index < -0.39 is 0 Å². The smallest absolute Gasteiger partial charge is 0.0490 e. The molecule has 0 radical (unpaired) electrons. The molecule has 0 atom stereocenters. The standard InChI is InChI=1S/C59H52N4/c1-43-19-9-14-26-55(43)61(48-24-7-6-8-25-48)52-37-31-49(32-38-52)60(50-33-39-53(40-34-50)62(56-27-15-10-20-44(56)2)57-28-16-11-21-45(57)3)51-35-41-54(42-36-51)63(58-29-17-12-22-46(58)4)59-30-18-13-23-47(59)5/h6-42H,1-5H3. The zero-order valence-corrected chi connectivity index (χ0v) is 36.7. The Morgan fingerprint density at radius 3 is 0.635 bits per heavy atom. The van der Waals surface area contributed by atoms with Crippen molar-refractivity contribution >= 4 is 68.2 Å². The third-order valence-electron chi connectivity index (χ3n) is 11.9. The van der Waals surface area contributed by atoms with Gasteiger partial charge >= 0.3 is 0 Å². The fourth-order valence-electron chi connectivity index (χ4n) is 8.59. The van der Waals surface area contributed by atoms with Gasteiger partial charge in [-0.25, -0.2) is 0 Å². The average molecular weight is 817 g/mol. The average Bonchev–Trinajstić information content (AvgIpc) is 3.32. The van der Waals surface area contributed by atoms with E-state index in [9.17, 15) is 0 Å². The van der Waals surface area contributed by atoms with Crippen LogP contribution in [0, 0.1) is 34.6 Å². The van der Waals surface area contributed by atoms with Crippen molar-refractivity contribution in [1.82, 2.24) is 0 Å². The van der Waals surface area contributed by atoms with Gasteiger partial charge in [-0.15, -0.1) is 0 Å². The number of nitrogens with zero attached hydrogens (tertiary/aromatic N) is 4. The molecule has 0 bridgehead atoms. The second-order valence-corrected chi connectivity index (χ2v) is 16.2. The molecule has 9 aromatic carbocycles. The molecule has 0 aliphatic carbocycles. The highest BCUT2D eigenvalue weighted by atomic mass is 15.2. The van der Waals surface area contributed by atoms with Crippen LogP contribution in [0.1, 0.15) is 27.8 Å². The summed E-state index contributed by atoms with van der Waals surface area (Å²) in [4.78, 5) is 9.44. The fraction of sp³-hybridized carbons (Fsp3) is 0.0847. The highest BCUT2D eigenvalue weighted by Crippen LogP contribution is 2.44. The summed E-state index contributed by atoms with van der Waals surface area (Å²) >= 11 is 0. The molecular weight excluding hydrogens is 765 g/mol. The number of benzene rings is 9. The van der Waals surface area contributed by atoms with Crippen LogP contribution in [0.25, 0.3) is 0 Å². The van der Waals surface area contributed by atoms with Gasteiger partial charge in [0.15, 0.2) is 0 Å². The molecule has 0 heterocycles. The molecule has 0 saturated heterocycles. The van der Waals surface area contributed by atoms with Crippen molar-refractivity contribution in [3.05, 3.63) is 252 Å². The molecule has 0 aliphatic rings. The lowest BCUT2D eigenvalue weighted by Crippen LogP contribution is -2.15. The Labute approximate surface area is 373 Å². The van der Waals surface area contributed by atoms with Crippen molar-refractivity contribution in [3.63, 3.8) is 0 Å². The minimum atomic E-state index is 1.06. The van der Waals surface area contributed by atoms with E-state index in [0.29, 0.717) is 0 Å². The van der Waals surface area contributed by atoms with Crippen LogP contribution in [-0.4, -0.2) is 0 Å². The van der Waals surface area contributed by atoms with E-state index in [2.05, 4.69) is 279 Å². The Hall–Kier alpha value is -7.82. The second-order valence-electron chi connectivity index (χ2n) is 16.2. The van der Waals surface area contributed by atoms with Crippen LogP contribution < -0.4 is 19.6 Å². The first-order chi connectivity index (χ1) is 30.9. The molecule has 0 aliphatic heterocycles. The van der Waals surface area contributed by atoms with Gasteiger partial charge in [0.25, 0.3) is 0 Å². The van der Waals surface area contributed by atoms with Crippen molar-refractivity contribution in [2.75, 3.05) is 19.6 Å². The summed E-state index contributed by atoms with van der Waals surface area (Å²) in [5.74, 6) is 0. The Morgan fingerprint density at radius 2 is 0.365 bits per heavy atom. The first kappa shape index (κ1) is 40.6. The molecule has 0 spiro atoms. The van der Waals surface area contributed by atoms with Crippen molar-refractivity contribution < 1.29 is 0 Å². The van der Waals surface area contributed by atoms with Gasteiger partial charge < -0.3 is 19.6 Å². The van der Waals surface area contributed by atoms with Gasteiger partial charge in [-0.05, 0) is 178 Å². The van der Waals surface area contributed by atoms with Crippen molar-refractivity contribution in [3.8, 4) is 0 Å². The predicted molar refractivity (Wildman–Crippen MR) is 269 cm³/mol. The van der Waals surface area contributed by atoms with Crippen molar-refractivity contribution in [2.45, 2.75) is 34.6 Å². The van der Waals surface area contributed by atoms with E-state index in [0.717, 1.165) is 68.2 Å². The Kier molecular flexibility index (Phi) is 11.6. The molecule has 0 unspecified atom stereocenters. The van der Waals surface area contributed by atoms with Gasteiger partial charge in [0.2, 0.25) is 0 Å². The summed E-state index contributed by atoms with van der Waals surface area (Å²) in [6.45, 7) is 10.9. The Morgan fingerprint density at radius 1 is 0.175 bits per heavy atom. The minimum absolute atomic E-state index is 1.06. The molecule has 4 heteroatoms. The van der Waals surface area contributed by atoms with Crippen molar-refractivity contribution in [1.29, 1.82) is 0 Å². The van der Waals surface area contributed by atoms with Gasteiger partial charge in [-0.2, -0.15) is 0 Å². The SMILES string of the molecule is Cc1ccccc1N(c1ccccc1)c1ccc(N(c2ccc(N(c3ccccc3C)c3ccccc3C)cc2)c2ccc(N(c3ccccc3C)c3ccccc3C)cc2)cc1.